The lowest BCUT2D eigenvalue weighted by Gasteiger charge is -2.39. The van der Waals surface area contributed by atoms with Gasteiger partial charge in [0.15, 0.2) is 0 Å². The van der Waals surface area contributed by atoms with Crippen LogP contribution in [-0.2, 0) is 6.54 Å². The monoisotopic (exact) mass is 344 g/mol. The molecule has 1 aromatic carbocycles. The number of halogens is 2. The normalized spacial score (nSPS) is 26.5. The third-order valence-corrected chi connectivity index (χ3v) is 5.53. The van der Waals surface area contributed by atoms with Crippen LogP contribution >= 0.6 is 11.6 Å². The maximum Gasteiger partial charge on any atom is 0.129 e. The van der Waals surface area contributed by atoms with Gasteiger partial charge in [-0.15, -0.1) is 0 Å². The Labute approximate surface area is 145 Å². The van der Waals surface area contributed by atoms with Crippen LogP contribution in [0.4, 0.5) is 4.39 Å². The first-order valence-electron chi connectivity index (χ1n) is 8.28. The van der Waals surface area contributed by atoms with Gasteiger partial charge in [-0.25, -0.2) is 4.39 Å². The van der Waals surface area contributed by atoms with E-state index in [-0.39, 0.29) is 5.82 Å². The molecule has 0 radical (unpaired) electrons. The van der Waals surface area contributed by atoms with Gasteiger partial charge in [-0.3, -0.25) is 9.58 Å². The first-order chi connectivity index (χ1) is 11.6. The SMILES string of the molecule is N#Cc1ccc(CN2C3CCC2CC(n2cc(Cl)cn2)C3)c(F)c1. The van der Waals surface area contributed by atoms with Crippen LogP contribution in [0.3, 0.4) is 0 Å². The van der Waals surface area contributed by atoms with E-state index in [0.29, 0.717) is 40.8 Å². The third kappa shape index (κ3) is 2.81. The Morgan fingerprint density at radius 3 is 2.58 bits per heavy atom. The second kappa shape index (κ2) is 6.19. The second-order valence-electron chi connectivity index (χ2n) is 6.74. The summed E-state index contributed by atoms with van der Waals surface area (Å²) in [7, 11) is 0. The number of nitriles is 1. The lowest BCUT2D eigenvalue weighted by Crippen LogP contribution is -2.43. The molecule has 6 heteroatoms. The molecule has 24 heavy (non-hydrogen) atoms. The van der Waals surface area contributed by atoms with E-state index >= 15 is 0 Å². The smallest absolute Gasteiger partial charge is 0.129 e. The number of aromatic nitrogens is 2. The van der Waals surface area contributed by atoms with Crippen molar-refractivity contribution in [3.8, 4) is 6.07 Å². The Morgan fingerprint density at radius 1 is 1.25 bits per heavy atom. The topological polar surface area (TPSA) is 44.9 Å². The van der Waals surface area contributed by atoms with Gasteiger partial charge in [0, 0.05) is 30.4 Å². The minimum Gasteiger partial charge on any atom is -0.293 e. The first-order valence-corrected chi connectivity index (χ1v) is 8.66. The minimum absolute atomic E-state index is 0.283. The highest BCUT2D eigenvalue weighted by molar-refractivity contribution is 6.30. The number of benzene rings is 1. The lowest BCUT2D eigenvalue weighted by molar-refractivity contribution is 0.0940. The van der Waals surface area contributed by atoms with Crippen LogP contribution < -0.4 is 0 Å². The first kappa shape index (κ1) is 15.6. The van der Waals surface area contributed by atoms with Crippen molar-refractivity contribution in [2.24, 2.45) is 0 Å². The second-order valence-corrected chi connectivity index (χ2v) is 7.18. The molecule has 0 saturated carbocycles. The highest BCUT2D eigenvalue weighted by Crippen LogP contribution is 2.41. The van der Waals surface area contributed by atoms with Crippen molar-refractivity contribution in [2.75, 3.05) is 0 Å². The Balaban J connectivity index is 1.50. The predicted octanol–water partition coefficient (Wildman–Crippen LogP) is 3.92. The number of fused-ring (bicyclic) bond motifs is 2. The summed E-state index contributed by atoms with van der Waals surface area (Å²) in [5, 5.41) is 13.9. The van der Waals surface area contributed by atoms with Crippen molar-refractivity contribution in [3.05, 3.63) is 52.6 Å². The van der Waals surface area contributed by atoms with E-state index in [1.807, 2.05) is 16.9 Å². The molecular weight excluding hydrogens is 327 g/mol. The zero-order valence-electron chi connectivity index (χ0n) is 13.2. The van der Waals surface area contributed by atoms with Crippen LogP contribution in [0.15, 0.2) is 30.6 Å². The van der Waals surface area contributed by atoms with Crippen LogP contribution in [0, 0.1) is 17.1 Å². The number of piperidine rings is 1. The maximum atomic E-state index is 14.2. The summed E-state index contributed by atoms with van der Waals surface area (Å²) in [5.74, 6) is -0.283. The summed E-state index contributed by atoms with van der Waals surface area (Å²) >= 11 is 5.99. The fraction of sp³-hybridized carbons (Fsp3) is 0.444. The zero-order chi connectivity index (χ0) is 16.7. The molecule has 0 N–H and O–H groups in total. The van der Waals surface area contributed by atoms with Crippen LogP contribution in [-0.4, -0.2) is 26.8 Å². The van der Waals surface area contributed by atoms with Gasteiger partial charge in [-0.05, 0) is 37.8 Å². The summed E-state index contributed by atoms with van der Waals surface area (Å²) in [6.07, 6.45) is 7.91. The molecule has 2 fully saturated rings. The third-order valence-electron chi connectivity index (χ3n) is 5.34. The summed E-state index contributed by atoms with van der Waals surface area (Å²) < 4.78 is 16.2. The maximum absolute atomic E-state index is 14.2. The van der Waals surface area contributed by atoms with Crippen molar-refractivity contribution in [3.63, 3.8) is 0 Å². The van der Waals surface area contributed by atoms with E-state index in [4.69, 9.17) is 16.9 Å². The molecule has 3 heterocycles. The molecule has 2 aromatic rings. The summed E-state index contributed by atoms with van der Waals surface area (Å²) in [5.41, 5.74) is 1.04. The summed E-state index contributed by atoms with van der Waals surface area (Å²) in [4.78, 5) is 2.42. The van der Waals surface area contributed by atoms with Gasteiger partial charge >= 0.3 is 0 Å². The van der Waals surface area contributed by atoms with Gasteiger partial charge in [0.25, 0.3) is 0 Å². The average Bonchev–Trinajstić information content (AvgIpc) is 3.09. The number of hydrogen-bond donors (Lipinski definition) is 0. The van der Waals surface area contributed by atoms with Gasteiger partial charge in [-0.2, -0.15) is 10.4 Å². The highest BCUT2D eigenvalue weighted by atomic mass is 35.5. The molecule has 2 atom stereocenters. The molecule has 2 saturated heterocycles. The highest BCUT2D eigenvalue weighted by Gasteiger charge is 2.41. The van der Waals surface area contributed by atoms with Gasteiger partial charge in [-0.1, -0.05) is 17.7 Å². The molecule has 0 aliphatic carbocycles. The van der Waals surface area contributed by atoms with Gasteiger partial charge in [0.05, 0.1) is 28.9 Å². The van der Waals surface area contributed by atoms with Crippen molar-refractivity contribution >= 4 is 11.6 Å². The fourth-order valence-corrected chi connectivity index (χ4v) is 4.32. The minimum atomic E-state index is -0.283. The Bertz CT molecular complexity index is 783. The van der Waals surface area contributed by atoms with E-state index in [9.17, 15) is 4.39 Å². The molecule has 2 bridgehead atoms. The van der Waals surface area contributed by atoms with E-state index in [1.54, 1.807) is 18.3 Å². The zero-order valence-corrected chi connectivity index (χ0v) is 14.0. The van der Waals surface area contributed by atoms with E-state index in [0.717, 1.165) is 25.7 Å². The van der Waals surface area contributed by atoms with Crippen molar-refractivity contribution < 1.29 is 4.39 Å². The van der Waals surface area contributed by atoms with E-state index in [2.05, 4.69) is 10.00 Å². The largest absolute Gasteiger partial charge is 0.293 e. The molecule has 2 aliphatic rings. The quantitative estimate of drug-likeness (QED) is 0.847. The van der Waals surface area contributed by atoms with E-state index < -0.39 is 0 Å². The number of nitrogens with zero attached hydrogens (tertiary/aromatic N) is 4. The molecule has 4 rings (SSSR count). The van der Waals surface area contributed by atoms with Crippen LogP contribution in [0.25, 0.3) is 0 Å². The molecule has 2 aliphatic heterocycles. The standard InChI is InChI=1S/C18H18ClFN4/c19-14-9-22-24(11-14)17-6-15-3-4-16(7-17)23(15)10-13-2-1-12(8-21)5-18(13)20/h1-2,5,9,11,15-17H,3-4,6-7,10H2. The molecule has 2 unspecified atom stereocenters. The summed E-state index contributed by atoms with van der Waals surface area (Å²) in [6.45, 7) is 0.611. The van der Waals surface area contributed by atoms with Crippen LogP contribution in [0.2, 0.25) is 5.02 Å². The molecular formula is C18H18ClFN4. The molecule has 4 nitrogen and oxygen atoms in total. The molecule has 1 aromatic heterocycles. The molecule has 124 valence electrons. The lowest BCUT2D eigenvalue weighted by atomic mass is 9.96. The summed E-state index contributed by atoms with van der Waals surface area (Å²) in [6, 6.07) is 8.02. The number of hydrogen-bond acceptors (Lipinski definition) is 3. The van der Waals surface area contributed by atoms with Crippen molar-refractivity contribution in [1.29, 1.82) is 5.26 Å². The molecule has 0 amide bonds. The average molecular weight is 345 g/mol. The fourth-order valence-electron chi connectivity index (χ4n) is 4.18. The van der Waals surface area contributed by atoms with Gasteiger partial charge in [0.2, 0.25) is 0 Å². The van der Waals surface area contributed by atoms with Crippen molar-refractivity contribution in [1.82, 2.24) is 14.7 Å². The van der Waals surface area contributed by atoms with E-state index in [1.165, 1.54) is 6.07 Å². The number of rotatable bonds is 3. The van der Waals surface area contributed by atoms with Crippen molar-refractivity contribution in [2.45, 2.75) is 50.4 Å². The Hall–Kier alpha value is -1.90. The van der Waals surface area contributed by atoms with Gasteiger partial charge in [0.1, 0.15) is 5.82 Å². The molecule has 0 spiro atoms. The Kier molecular flexibility index (Phi) is 4.03. The van der Waals surface area contributed by atoms with Crippen LogP contribution in [0.1, 0.15) is 42.9 Å². The predicted molar refractivity (Wildman–Crippen MR) is 89.0 cm³/mol. The van der Waals surface area contributed by atoms with Gasteiger partial charge < -0.3 is 0 Å². The van der Waals surface area contributed by atoms with Crippen LogP contribution in [0.5, 0.6) is 0 Å². The Morgan fingerprint density at radius 2 is 2.00 bits per heavy atom.